The fourth-order valence-electron chi connectivity index (χ4n) is 2.99. The van der Waals surface area contributed by atoms with E-state index in [1.54, 1.807) is 0 Å². The number of hydrogen-bond donors (Lipinski definition) is 2. The first kappa shape index (κ1) is 15.8. The van der Waals surface area contributed by atoms with Crippen molar-refractivity contribution >= 4 is 29.2 Å². The van der Waals surface area contributed by atoms with Crippen molar-refractivity contribution in [3.63, 3.8) is 0 Å². The van der Waals surface area contributed by atoms with Crippen LogP contribution in [-0.2, 0) is 0 Å². The summed E-state index contributed by atoms with van der Waals surface area (Å²) in [6.07, 6.45) is 1.08. The van der Waals surface area contributed by atoms with Gasteiger partial charge in [0.25, 0.3) is 0 Å². The molecule has 2 aromatic rings. The van der Waals surface area contributed by atoms with E-state index in [2.05, 4.69) is 33.9 Å². The lowest BCUT2D eigenvalue weighted by atomic mass is 10.1. The number of nitrogens with zero attached hydrogens (tertiary/aromatic N) is 4. The van der Waals surface area contributed by atoms with Gasteiger partial charge in [-0.1, -0.05) is 23.7 Å². The Balaban J connectivity index is 2.06. The van der Waals surface area contributed by atoms with E-state index in [1.807, 2.05) is 24.3 Å². The molecular weight excluding hydrogens is 312 g/mol. The van der Waals surface area contributed by atoms with Crippen molar-refractivity contribution in [1.29, 1.82) is 0 Å². The Hall–Kier alpha value is -2.05. The predicted octanol–water partition coefficient (Wildman–Crippen LogP) is 2.10. The third-order valence-electron chi connectivity index (χ3n) is 4.24. The molecule has 4 N–H and O–H groups in total. The van der Waals surface area contributed by atoms with Gasteiger partial charge >= 0.3 is 0 Å². The van der Waals surface area contributed by atoms with Crippen LogP contribution in [0.15, 0.2) is 24.3 Å². The molecule has 2 heterocycles. The van der Waals surface area contributed by atoms with Gasteiger partial charge in [-0.3, -0.25) is 0 Å². The Morgan fingerprint density at radius 1 is 1.26 bits per heavy atom. The average molecular weight is 333 g/mol. The zero-order valence-electron chi connectivity index (χ0n) is 13.3. The predicted molar refractivity (Wildman–Crippen MR) is 95.6 cm³/mol. The van der Waals surface area contributed by atoms with Crippen molar-refractivity contribution in [1.82, 2.24) is 14.9 Å². The first-order chi connectivity index (χ1) is 11.0. The topological polar surface area (TPSA) is 84.3 Å². The highest BCUT2D eigenvalue weighted by Crippen LogP contribution is 2.36. The van der Waals surface area contributed by atoms with Crippen LogP contribution in [-0.4, -0.2) is 48.1 Å². The number of nitrogen functional groups attached to an aromatic ring is 2. The molecule has 1 aromatic carbocycles. The number of nitrogens with two attached hydrogens (primary N) is 2. The standard InChI is InChI=1S/C16H21ClN6/c1-22(2)12-6-7-23(9-12)15-13(14(18)20-16(19)21-15)10-4-3-5-11(17)8-10/h3-5,8,12H,6-7,9H2,1-2H3,(H4,18,19,20,21). The zero-order chi connectivity index (χ0) is 16.6. The summed E-state index contributed by atoms with van der Waals surface area (Å²) in [6.45, 7) is 1.79. The second-order valence-electron chi connectivity index (χ2n) is 6.03. The lowest BCUT2D eigenvalue weighted by molar-refractivity contribution is 0.315. The number of likely N-dealkylation sites (N-methyl/N-ethyl adjacent to an activating group) is 1. The number of hydrogen-bond acceptors (Lipinski definition) is 6. The highest BCUT2D eigenvalue weighted by molar-refractivity contribution is 6.30. The molecule has 0 aliphatic carbocycles. The van der Waals surface area contributed by atoms with Crippen LogP contribution >= 0.6 is 11.6 Å². The minimum atomic E-state index is 0.191. The fraction of sp³-hybridized carbons (Fsp3) is 0.375. The average Bonchev–Trinajstić information content (AvgIpc) is 2.96. The van der Waals surface area contributed by atoms with E-state index in [-0.39, 0.29) is 5.95 Å². The van der Waals surface area contributed by atoms with Crippen molar-refractivity contribution in [2.75, 3.05) is 43.6 Å². The second kappa shape index (κ2) is 6.22. The summed E-state index contributed by atoms with van der Waals surface area (Å²) in [5.41, 5.74) is 13.7. The molecule has 1 aliphatic heterocycles. The van der Waals surface area contributed by atoms with Crippen LogP contribution < -0.4 is 16.4 Å². The second-order valence-corrected chi connectivity index (χ2v) is 6.46. The van der Waals surface area contributed by atoms with Gasteiger partial charge in [-0.25, -0.2) is 0 Å². The van der Waals surface area contributed by atoms with Gasteiger partial charge in [0.05, 0.1) is 5.56 Å². The van der Waals surface area contributed by atoms with E-state index in [0.717, 1.165) is 36.5 Å². The van der Waals surface area contributed by atoms with Crippen molar-refractivity contribution in [3.05, 3.63) is 29.3 Å². The summed E-state index contributed by atoms with van der Waals surface area (Å²) in [7, 11) is 4.18. The molecule has 1 aliphatic rings. The van der Waals surface area contributed by atoms with Gasteiger partial charge in [0.15, 0.2) is 0 Å². The smallest absolute Gasteiger partial charge is 0.223 e. The molecule has 122 valence electrons. The van der Waals surface area contributed by atoms with Crippen LogP contribution in [0.4, 0.5) is 17.6 Å². The van der Waals surface area contributed by atoms with E-state index >= 15 is 0 Å². The van der Waals surface area contributed by atoms with Gasteiger partial charge in [-0.2, -0.15) is 9.97 Å². The van der Waals surface area contributed by atoms with Crippen LogP contribution in [0.1, 0.15) is 6.42 Å². The first-order valence-corrected chi connectivity index (χ1v) is 7.94. The van der Waals surface area contributed by atoms with Gasteiger partial charge in [0.1, 0.15) is 11.6 Å². The molecule has 0 radical (unpaired) electrons. The number of aromatic nitrogens is 2. The Labute approximate surface area is 141 Å². The van der Waals surface area contributed by atoms with E-state index in [4.69, 9.17) is 23.1 Å². The van der Waals surface area contributed by atoms with E-state index in [1.165, 1.54) is 0 Å². The van der Waals surface area contributed by atoms with Crippen LogP contribution in [0.2, 0.25) is 5.02 Å². The zero-order valence-corrected chi connectivity index (χ0v) is 14.1. The van der Waals surface area contributed by atoms with Crippen LogP contribution in [0.25, 0.3) is 11.1 Å². The molecule has 3 rings (SSSR count). The Kier molecular flexibility index (Phi) is 4.28. The van der Waals surface area contributed by atoms with E-state index in [9.17, 15) is 0 Å². The molecule has 0 spiro atoms. The van der Waals surface area contributed by atoms with Gasteiger partial charge < -0.3 is 21.3 Å². The summed E-state index contributed by atoms with van der Waals surface area (Å²) >= 11 is 6.13. The SMILES string of the molecule is CN(C)C1CCN(c2nc(N)nc(N)c2-c2cccc(Cl)c2)C1. The van der Waals surface area contributed by atoms with Gasteiger partial charge in [-0.15, -0.1) is 0 Å². The van der Waals surface area contributed by atoms with Crippen LogP contribution in [0.5, 0.6) is 0 Å². The van der Waals surface area contributed by atoms with E-state index < -0.39 is 0 Å². The van der Waals surface area contributed by atoms with Gasteiger partial charge in [0.2, 0.25) is 5.95 Å². The molecule has 23 heavy (non-hydrogen) atoms. The molecule has 7 heteroatoms. The summed E-state index contributed by atoms with van der Waals surface area (Å²) in [4.78, 5) is 13.0. The van der Waals surface area contributed by atoms with Crippen LogP contribution in [0.3, 0.4) is 0 Å². The monoisotopic (exact) mass is 332 g/mol. The highest BCUT2D eigenvalue weighted by Gasteiger charge is 2.28. The molecule has 6 nitrogen and oxygen atoms in total. The Morgan fingerprint density at radius 2 is 2.04 bits per heavy atom. The maximum atomic E-state index is 6.16. The Bertz CT molecular complexity index is 718. The minimum Gasteiger partial charge on any atom is -0.383 e. The molecule has 1 unspecified atom stereocenters. The number of halogens is 1. The molecule has 1 fully saturated rings. The van der Waals surface area contributed by atoms with Crippen molar-refractivity contribution in [2.45, 2.75) is 12.5 Å². The third-order valence-corrected chi connectivity index (χ3v) is 4.48. The first-order valence-electron chi connectivity index (χ1n) is 7.56. The number of anilines is 3. The summed E-state index contributed by atoms with van der Waals surface area (Å²) in [6, 6.07) is 8.04. The minimum absolute atomic E-state index is 0.191. The summed E-state index contributed by atoms with van der Waals surface area (Å²) < 4.78 is 0. The van der Waals surface area contributed by atoms with Crippen molar-refractivity contribution < 1.29 is 0 Å². The molecule has 1 saturated heterocycles. The van der Waals surface area contributed by atoms with Gasteiger partial charge in [0, 0.05) is 24.2 Å². The lowest BCUT2D eigenvalue weighted by Crippen LogP contribution is -2.32. The fourth-order valence-corrected chi connectivity index (χ4v) is 3.18. The van der Waals surface area contributed by atoms with Crippen molar-refractivity contribution in [3.8, 4) is 11.1 Å². The molecule has 1 atom stereocenters. The number of benzene rings is 1. The summed E-state index contributed by atoms with van der Waals surface area (Å²) in [5, 5.41) is 0.650. The largest absolute Gasteiger partial charge is 0.383 e. The molecule has 0 amide bonds. The molecular formula is C16H21ClN6. The van der Waals surface area contributed by atoms with Crippen LogP contribution in [0, 0.1) is 0 Å². The van der Waals surface area contributed by atoms with Gasteiger partial charge in [-0.05, 0) is 38.2 Å². The maximum Gasteiger partial charge on any atom is 0.223 e. The lowest BCUT2D eigenvalue weighted by Gasteiger charge is -2.23. The van der Waals surface area contributed by atoms with E-state index in [0.29, 0.717) is 16.9 Å². The quantitative estimate of drug-likeness (QED) is 0.895. The molecule has 0 saturated carbocycles. The number of rotatable bonds is 3. The molecule has 0 bridgehead atoms. The van der Waals surface area contributed by atoms with Crippen molar-refractivity contribution in [2.24, 2.45) is 0 Å². The normalized spacial score (nSPS) is 17.9. The third kappa shape index (κ3) is 3.18. The molecule has 1 aromatic heterocycles. The maximum absolute atomic E-state index is 6.16. The Morgan fingerprint density at radius 3 is 2.70 bits per heavy atom. The highest BCUT2D eigenvalue weighted by atomic mass is 35.5. The summed E-state index contributed by atoms with van der Waals surface area (Å²) in [5.74, 6) is 1.35.